The topological polar surface area (TPSA) is 67.2 Å². The number of carbonyl (C=O) groups is 1. The Hall–Kier alpha value is -2.96. The third kappa shape index (κ3) is 2.65. The lowest BCUT2D eigenvalue weighted by Gasteiger charge is -2.25. The van der Waals surface area contributed by atoms with E-state index < -0.39 is 0 Å². The second kappa shape index (κ2) is 6.04. The molecule has 3 aromatic rings. The first-order chi connectivity index (χ1) is 13.1. The summed E-state index contributed by atoms with van der Waals surface area (Å²) < 4.78 is 1.87. The Labute approximate surface area is 157 Å². The Morgan fingerprint density at radius 2 is 2.07 bits per heavy atom. The van der Waals surface area contributed by atoms with Crippen LogP contribution in [0.15, 0.2) is 36.5 Å². The van der Waals surface area contributed by atoms with Crippen molar-refractivity contribution in [3.63, 3.8) is 0 Å². The van der Waals surface area contributed by atoms with E-state index >= 15 is 0 Å². The van der Waals surface area contributed by atoms with Crippen LogP contribution in [0, 0.1) is 6.92 Å². The molecule has 0 N–H and O–H groups in total. The zero-order valence-corrected chi connectivity index (χ0v) is 15.5. The molecule has 2 saturated heterocycles. The van der Waals surface area contributed by atoms with E-state index in [2.05, 4.69) is 21.0 Å². The number of aromatic nitrogens is 4. The number of anilines is 1. The van der Waals surface area contributed by atoms with Crippen molar-refractivity contribution in [2.24, 2.45) is 7.05 Å². The average molecular weight is 362 g/mol. The second-order valence-corrected chi connectivity index (χ2v) is 7.47. The maximum absolute atomic E-state index is 12.7. The fraction of sp³-hybridized carbons (Fsp3) is 0.400. The number of hydrogen-bond donors (Lipinski definition) is 0. The maximum atomic E-state index is 12.7. The zero-order chi connectivity index (χ0) is 18.5. The van der Waals surface area contributed by atoms with Crippen LogP contribution in [0.2, 0.25) is 0 Å². The highest BCUT2D eigenvalue weighted by atomic mass is 16.2. The summed E-state index contributed by atoms with van der Waals surface area (Å²) in [6, 6.07) is 10.4. The number of carbonyl (C=O) groups excluding carboxylic acids is 1. The Morgan fingerprint density at radius 3 is 2.89 bits per heavy atom. The van der Waals surface area contributed by atoms with Crippen LogP contribution in [0.4, 0.5) is 5.95 Å². The number of amides is 1. The Kier molecular flexibility index (Phi) is 3.63. The molecule has 0 saturated carbocycles. The van der Waals surface area contributed by atoms with E-state index in [1.165, 1.54) is 0 Å². The summed E-state index contributed by atoms with van der Waals surface area (Å²) in [5.74, 6) is 0.932. The molecule has 2 aliphatic heterocycles. The Balaban J connectivity index is 1.41. The number of rotatable bonds is 3. The SMILES string of the molecule is Cc1cc(CN2C(=O)C[C@H]3[C@@H]2CCN3c2ncc3ccccc3n2)n(C)n1. The van der Waals surface area contributed by atoms with Crippen LogP contribution < -0.4 is 4.90 Å². The van der Waals surface area contributed by atoms with Gasteiger partial charge in [0.1, 0.15) is 0 Å². The summed E-state index contributed by atoms with van der Waals surface area (Å²) in [4.78, 5) is 26.3. The minimum atomic E-state index is 0.146. The smallest absolute Gasteiger partial charge is 0.226 e. The molecule has 2 atom stereocenters. The molecule has 2 fully saturated rings. The van der Waals surface area contributed by atoms with Gasteiger partial charge < -0.3 is 9.80 Å². The zero-order valence-electron chi connectivity index (χ0n) is 15.5. The summed E-state index contributed by atoms with van der Waals surface area (Å²) >= 11 is 0. The number of aryl methyl sites for hydroxylation is 2. The number of fused-ring (bicyclic) bond motifs is 2. The van der Waals surface area contributed by atoms with Crippen molar-refractivity contribution >= 4 is 22.8 Å². The van der Waals surface area contributed by atoms with Gasteiger partial charge in [0.05, 0.1) is 35.5 Å². The van der Waals surface area contributed by atoms with Crippen LogP contribution in [-0.4, -0.2) is 49.2 Å². The van der Waals surface area contributed by atoms with E-state index in [0.29, 0.717) is 13.0 Å². The van der Waals surface area contributed by atoms with E-state index in [1.54, 1.807) is 0 Å². The minimum absolute atomic E-state index is 0.146. The molecule has 7 nitrogen and oxygen atoms in total. The summed E-state index contributed by atoms with van der Waals surface area (Å²) in [7, 11) is 1.93. The van der Waals surface area contributed by atoms with Crippen molar-refractivity contribution in [1.82, 2.24) is 24.6 Å². The van der Waals surface area contributed by atoms with Crippen molar-refractivity contribution in [3.8, 4) is 0 Å². The van der Waals surface area contributed by atoms with Crippen molar-refractivity contribution in [1.29, 1.82) is 0 Å². The van der Waals surface area contributed by atoms with Crippen LogP contribution in [0.5, 0.6) is 0 Å². The van der Waals surface area contributed by atoms with Gasteiger partial charge in [-0.2, -0.15) is 5.10 Å². The van der Waals surface area contributed by atoms with E-state index in [0.717, 1.165) is 41.2 Å². The van der Waals surface area contributed by atoms with Crippen molar-refractivity contribution < 1.29 is 4.79 Å². The Bertz CT molecular complexity index is 1030. The van der Waals surface area contributed by atoms with E-state index in [9.17, 15) is 4.79 Å². The summed E-state index contributed by atoms with van der Waals surface area (Å²) in [5.41, 5.74) is 2.99. The molecule has 0 bridgehead atoms. The van der Waals surface area contributed by atoms with Gasteiger partial charge in [-0.15, -0.1) is 0 Å². The molecule has 1 aromatic carbocycles. The van der Waals surface area contributed by atoms with Gasteiger partial charge in [-0.3, -0.25) is 9.48 Å². The lowest BCUT2D eigenvalue weighted by Crippen LogP contribution is -2.37. The molecule has 5 rings (SSSR count). The van der Waals surface area contributed by atoms with Crippen molar-refractivity contribution in [2.45, 2.75) is 38.4 Å². The third-order valence-corrected chi connectivity index (χ3v) is 5.78. The Morgan fingerprint density at radius 1 is 1.22 bits per heavy atom. The first-order valence-corrected chi connectivity index (χ1v) is 9.37. The summed E-state index contributed by atoms with van der Waals surface area (Å²) in [5, 5.41) is 5.44. The first kappa shape index (κ1) is 16.2. The molecular formula is C20H22N6O. The fourth-order valence-electron chi connectivity index (χ4n) is 4.47. The van der Waals surface area contributed by atoms with Crippen LogP contribution in [0.1, 0.15) is 24.2 Å². The van der Waals surface area contributed by atoms with Gasteiger partial charge >= 0.3 is 0 Å². The average Bonchev–Trinajstić information content (AvgIpc) is 3.30. The molecule has 0 spiro atoms. The molecule has 138 valence electrons. The first-order valence-electron chi connectivity index (χ1n) is 9.37. The molecule has 0 unspecified atom stereocenters. The number of nitrogens with zero attached hydrogens (tertiary/aromatic N) is 6. The van der Waals surface area contributed by atoms with Crippen LogP contribution >= 0.6 is 0 Å². The standard InChI is InChI=1S/C20H22N6O/c1-13-9-15(24(2)23-13)12-26-17-7-8-25(18(17)10-19(26)27)20-21-11-14-5-3-4-6-16(14)22-20/h3-6,9,11,17-18H,7-8,10,12H2,1-2H3/t17-,18-/m0/s1. The fourth-order valence-corrected chi connectivity index (χ4v) is 4.47. The van der Waals surface area contributed by atoms with Crippen molar-refractivity contribution in [3.05, 3.63) is 47.9 Å². The number of para-hydroxylation sites is 1. The molecular weight excluding hydrogens is 340 g/mol. The summed E-state index contributed by atoms with van der Waals surface area (Å²) in [6.45, 7) is 3.47. The third-order valence-electron chi connectivity index (χ3n) is 5.78. The molecule has 0 radical (unpaired) electrons. The minimum Gasteiger partial charge on any atom is -0.335 e. The molecule has 4 heterocycles. The highest BCUT2D eigenvalue weighted by Crippen LogP contribution is 2.35. The monoisotopic (exact) mass is 362 g/mol. The largest absolute Gasteiger partial charge is 0.335 e. The highest BCUT2D eigenvalue weighted by molar-refractivity contribution is 5.82. The van der Waals surface area contributed by atoms with Crippen molar-refractivity contribution in [2.75, 3.05) is 11.4 Å². The number of hydrogen-bond acceptors (Lipinski definition) is 5. The molecule has 27 heavy (non-hydrogen) atoms. The lowest BCUT2D eigenvalue weighted by molar-refractivity contribution is -0.129. The summed E-state index contributed by atoms with van der Waals surface area (Å²) in [6.07, 6.45) is 3.35. The van der Waals surface area contributed by atoms with Crippen LogP contribution in [0.3, 0.4) is 0 Å². The van der Waals surface area contributed by atoms with Gasteiger partial charge in [0.15, 0.2) is 0 Å². The van der Waals surface area contributed by atoms with Crippen LogP contribution in [-0.2, 0) is 18.4 Å². The molecule has 1 amide bonds. The van der Waals surface area contributed by atoms with Gasteiger partial charge in [-0.05, 0) is 25.5 Å². The lowest BCUT2D eigenvalue weighted by atomic mass is 10.1. The molecule has 2 aliphatic rings. The van der Waals surface area contributed by atoms with Gasteiger partial charge in [0.25, 0.3) is 0 Å². The number of likely N-dealkylation sites (tertiary alicyclic amines) is 1. The molecule has 0 aliphatic carbocycles. The van der Waals surface area contributed by atoms with E-state index in [1.807, 2.05) is 54.0 Å². The molecule has 7 heteroatoms. The van der Waals surface area contributed by atoms with Gasteiger partial charge in [-0.25, -0.2) is 9.97 Å². The molecule has 2 aromatic heterocycles. The number of benzene rings is 1. The van der Waals surface area contributed by atoms with Gasteiger partial charge in [0, 0.05) is 31.6 Å². The highest BCUT2D eigenvalue weighted by Gasteiger charge is 2.47. The predicted molar refractivity (Wildman–Crippen MR) is 102 cm³/mol. The predicted octanol–water partition coefficient (Wildman–Crippen LogP) is 2.05. The normalized spacial score (nSPS) is 22.1. The van der Waals surface area contributed by atoms with Gasteiger partial charge in [-0.1, -0.05) is 18.2 Å². The van der Waals surface area contributed by atoms with E-state index in [-0.39, 0.29) is 18.0 Å². The quantitative estimate of drug-likeness (QED) is 0.713. The second-order valence-electron chi connectivity index (χ2n) is 7.47. The van der Waals surface area contributed by atoms with Crippen LogP contribution in [0.25, 0.3) is 10.9 Å². The van der Waals surface area contributed by atoms with Gasteiger partial charge in [0.2, 0.25) is 11.9 Å². The van der Waals surface area contributed by atoms with E-state index in [4.69, 9.17) is 4.98 Å². The maximum Gasteiger partial charge on any atom is 0.226 e.